The van der Waals surface area contributed by atoms with Crippen molar-refractivity contribution in [2.75, 3.05) is 0 Å². The number of carboxylic acids is 1. The molecule has 2 unspecified atom stereocenters. The van der Waals surface area contributed by atoms with Crippen molar-refractivity contribution < 1.29 is 9.90 Å². The van der Waals surface area contributed by atoms with Crippen LogP contribution in [0.25, 0.3) is 11.0 Å². The lowest BCUT2D eigenvalue weighted by Gasteiger charge is -2.26. The zero-order chi connectivity index (χ0) is 14.2. The summed E-state index contributed by atoms with van der Waals surface area (Å²) in [5.41, 5.74) is 7.08. The van der Waals surface area contributed by atoms with Gasteiger partial charge in [-0.1, -0.05) is 18.6 Å². The Morgan fingerprint density at radius 3 is 3.10 bits per heavy atom. The van der Waals surface area contributed by atoms with Crippen LogP contribution in [-0.4, -0.2) is 26.2 Å². The van der Waals surface area contributed by atoms with Gasteiger partial charge in [0.05, 0.1) is 17.4 Å². The minimum Gasteiger partial charge on any atom is -0.480 e. The molecule has 0 spiro atoms. The molecule has 2 atom stereocenters. The van der Waals surface area contributed by atoms with Gasteiger partial charge in [-0.05, 0) is 37.3 Å². The number of carboxylic acid groups (broad SMARTS) is 1. The normalized spacial score (nSPS) is 26.1. The van der Waals surface area contributed by atoms with Crippen molar-refractivity contribution in [2.24, 2.45) is 11.7 Å². The second kappa shape index (κ2) is 4.90. The number of benzene rings is 1. The number of aliphatic carboxylic acids is 1. The summed E-state index contributed by atoms with van der Waals surface area (Å²) < 4.78 is 2.08. The first-order valence-corrected chi connectivity index (χ1v) is 7.03. The van der Waals surface area contributed by atoms with E-state index in [4.69, 9.17) is 5.73 Å². The monoisotopic (exact) mass is 273 g/mol. The topological polar surface area (TPSA) is 81.1 Å². The van der Waals surface area contributed by atoms with Gasteiger partial charge in [0.2, 0.25) is 0 Å². The molecule has 1 aliphatic rings. The highest BCUT2D eigenvalue weighted by atomic mass is 16.4. The van der Waals surface area contributed by atoms with Gasteiger partial charge in [0.15, 0.2) is 0 Å². The number of rotatable bonds is 4. The number of nitrogens with two attached hydrogens (primary N) is 1. The van der Waals surface area contributed by atoms with E-state index in [0.29, 0.717) is 6.42 Å². The van der Waals surface area contributed by atoms with Gasteiger partial charge in [-0.25, -0.2) is 4.98 Å². The van der Waals surface area contributed by atoms with E-state index in [9.17, 15) is 9.90 Å². The molecule has 0 bridgehead atoms. The molecule has 1 saturated carbocycles. The zero-order valence-electron chi connectivity index (χ0n) is 11.3. The lowest BCUT2D eigenvalue weighted by molar-refractivity contribution is -0.144. The number of fused-ring (bicyclic) bond motifs is 1. The lowest BCUT2D eigenvalue weighted by atomic mass is 9.86. The summed E-state index contributed by atoms with van der Waals surface area (Å²) in [7, 11) is 0. The third-order valence-corrected chi connectivity index (χ3v) is 4.52. The quantitative estimate of drug-likeness (QED) is 0.892. The molecule has 0 radical (unpaired) electrons. The Hall–Kier alpha value is -1.88. The Balaban J connectivity index is 1.75. The summed E-state index contributed by atoms with van der Waals surface area (Å²) in [6, 6.07) is 7.96. The van der Waals surface area contributed by atoms with E-state index < -0.39 is 11.5 Å². The van der Waals surface area contributed by atoms with Gasteiger partial charge < -0.3 is 15.4 Å². The number of imidazole rings is 1. The van der Waals surface area contributed by atoms with Crippen LogP contribution in [0.2, 0.25) is 0 Å². The maximum atomic E-state index is 11.4. The third-order valence-electron chi connectivity index (χ3n) is 4.52. The minimum absolute atomic E-state index is 0.0427. The average molecular weight is 273 g/mol. The Bertz CT molecular complexity index is 637. The molecule has 1 aromatic heterocycles. The van der Waals surface area contributed by atoms with Crippen LogP contribution in [0.4, 0.5) is 0 Å². The molecule has 0 aliphatic heterocycles. The molecule has 0 saturated heterocycles. The van der Waals surface area contributed by atoms with E-state index in [0.717, 1.165) is 36.8 Å². The van der Waals surface area contributed by atoms with Crippen LogP contribution in [0.15, 0.2) is 30.6 Å². The molecule has 3 N–H and O–H groups in total. The molecule has 5 nitrogen and oxygen atoms in total. The van der Waals surface area contributed by atoms with Crippen molar-refractivity contribution in [3.05, 3.63) is 30.6 Å². The van der Waals surface area contributed by atoms with Gasteiger partial charge in [0.1, 0.15) is 5.54 Å². The molecule has 1 fully saturated rings. The average Bonchev–Trinajstić information content (AvgIpc) is 3.01. The van der Waals surface area contributed by atoms with Gasteiger partial charge >= 0.3 is 5.97 Å². The summed E-state index contributed by atoms with van der Waals surface area (Å²) in [5, 5.41) is 9.33. The Kier molecular flexibility index (Phi) is 3.22. The molecule has 106 valence electrons. The maximum absolute atomic E-state index is 11.4. The highest BCUT2D eigenvalue weighted by molar-refractivity contribution is 5.79. The minimum atomic E-state index is -1.05. The molecule has 1 aromatic carbocycles. The molecule has 5 heteroatoms. The van der Waals surface area contributed by atoms with E-state index in [-0.39, 0.29) is 5.92 Å². The first kappa shape index (κ1) is 13.1. The molecular formula is C15H19N3O2. The highest BCUT2D eigenvalue weighted by Crippen LogP contribution is 2.36. The zero-order valence-corrected chi connectivity index (χ0v) is 11.3. The van der Waals surface area contributed by atoms with Crippen molar-refractivity contribution in [3.63, 3.8) is 0 Å². The molecule has 3 rings (SSSR count). The largest absolute Gasteiger partial charge is 0.480 e. The second-order valence-corrected chi connectivity index (χ2v) is 5.65. The van der Waals surface area contributed by atoms with Crippen LogP contribution >= 0.6 is 0 Å². The number of hydrogen-bond acceptors (Lipinski definition) is 3. The third kappa shape index (κ3) is 2.08. The van der Waals surface area contributed by atoms with Crippen LogP contribution in [0.1, 0.15) is 25.7 Å². The first-order chi connectivity index (χ1) is 9.61. The highest BCUT2D eigenvalue weighted by Gasteiger charge is 2.45. The fourth-order valence-corrected chi connectivity index (χ4v) is 3.27. The van der Waals surface area contributed by atoms with Crippen LogP contribution in [-0.2, 0) is 11.3 Å². The Morgan fingerprint density at radius 1 is 1.50 bits per heavy atom. The molecule has 1 aliphatic carbocycles. The Labute approximate surface area is 117 Å². The van der Waals surface area contributed by atoms with Crippen molar-refractivity contribution in [1.82, 2.24) is 9.55 Å². The standard InChI is InChI=1S/C15H19N3O2/c16-15(14(19)20)8-3-4-11(15)7-9-18-10-17-12-5-1-2-6-13(12)18/h1-2,5-6,10-11H,3-4,7-9,16H2,(H,19,20). The number of hydrogen-bond donors (Lipinski definition) is 2. The fraction of sp³-hybridized carbons (Fsp3) is 0.467. The van der Waals surface area contributed by atoms with E-state index in [1.807, 2.05) is 30.6 Å². The van der Waals surface area contributed by atoms with Crippen molar-refractivity contribution in [1.29, 1.82) is 0 Å². The van der Waals surface area contributed by atoms with Crippen LogP contribution < -0.4 is 5.73 Å². The molecule has 2 aromatic rings. The SMILES string of the molecule is NC1(C(=O)O)CCCC1CCn1cnc2ccccc21. The number of nitrogens with zero attached hydrogens (tertiary/aromatic N) is 2. The maximum Gasteiger partial charge on any atom is 0.323 e. The number of para-hydroxylation sites is 2. The first-order valence-electron chi connectivity index (χ1n) is 7.03. The van der Waals surface area contributed by atoms with Crippen molar-refractivity contribution in [3.8, 4) is 0 Å². The summed E-state index contributed by atoms with van der Waals surface area (Å²) in [6.07, 6.45) is 4.98. The summed E-state index contributed by atoms with van der Waals surface area (Å²) in [6.45, 7) is 0.761. The predicted molar refractivity (Wildman–Crippen MR) is 76.2 cm³/mol. The number of aromatic nitrogens is 2. The van der Waals surface area contributed by atoms with Crippen LogP contribution in [0.5, 0.6) is 0 Å². The Morgan fingerprint density at radius 2 is 2.30 bits per heavy atom. The summed E-state index contributed by atoms with van der Waals surface area (Å²) in [4.78, 5) is 15.7. The fourth-order valence-electron chi connectivity index (χ4n) is 3.27. The van der Waals surface area contributed by atoms with Gasteiger partial charge in [-0.3, -0.25) is 4.79 Å². The molecule has 1 heterocycles. The number of carbonyl (C=O) groups is 1. The van der Waals surface area contributed by atoms with Crippen LogP contribution in [0, 0.1) is 5.92 Å². The summed E-state index contributed by atoms with van der Waals surface area (Å²) in [5.74, 6) is -0.823. The molecular weight excluding hydrogens is 254 g/mol. The summed E-state index contributed by atoms with van der Waals surface area (Å²) >= 11 is 0. The van der Waals surface area contributed by atoms with Gasteiger partial charge in [-0.2, -0.15) is 0 Å². The van der Waals surface area contributed by atoms with E-state index in [1.54, 1.807) is 0 Å². The van der Waals surface area contributed by atoms with E-state index in [1.165, 1.54) is 0 Å². The molecule has 0 amide bonds. The van der Waals surface area contributed by atoms with Crippen LogP contribution in [0.3, 0.4) is 0 Å². The predicted octanol–water partition coefficient (Wildman–Crippen LogP) is 2.01. The van der Waals surface area contributed by atoms with Gasteiger partial charge in [0, 0.05) is 6.54 Å². The lowest BCUT2D eigenvalue weighted by Crippen LogP contribution is -2.51. The van der Waals surface area contributed by atoms with Gasteiger partial charge in [0.25, 0.3) is 0 Å². The smallest absolute Gasteiger partial charge is 0.323 e. The van der Waals surface area contributed by atoms with E-state index >= 15 is 0 Å². The van der Waals surface area contributed by atoms with Crippen molar-refractivity contribution >= 4 is 17.0 Å². The number of aryl methyl sites for hydroxylation is 1. The second-order valence-electron chi connectivity index (χ2n) is 5.65. The van der Waals surface area contributed by atoms with E-state index in [2.05, 4.69) is 9.55 Å². The van der Waals surface area contributed by atoms with Gasteiger partial charge in [-0.15, -0.1) is 0 Å². The van der Waals surface area contributed by atoms with Crippen molar-refractivity contribution in [2.45, 2.75) is 37.8 Å². The molecule has 20 heavy (non-hydrogen) atoms.